The molecule has 5 atom stereocenters. The summed E-state index contributed by atoms with van der Waals surface area (Å²) in [6.45, 7) is 0.874. The first-order valence-corrected chi connectivity index (χ1v) is 12.2. The van der Waals surface area contributed by atoms with Gasteiger partial charge in [0.25, 0.3) is 5.91 Å². The maximum atomic E-state index is 13.7. The van der Waals surface area contributed by atoms with Crippen LogP contribution in [-0.4, -0.2) is 43.9 Å². The zero-order chi connectivity index (χ0) is 19.6. The van der Waals surface area contributed by atoms with Gasteiger partial charge < -0.3 is 10.0 Å². The molecule has 1 aromatic heterocycles. The van der Waals surface area contributed by atoms with Crippen molar-refractivity contribution in [3.05, 3.63) is 17.5 Å². The van der Waals surface area contributed by atoms with Crippen molar-refractivity contribution in [2.75, 3.05) is 6.54 Å². The lowest BCUT2D eigenvalue weighted by atomic mass is 9.52. The Morgan fingerprint density at radius 1 is 1.00 bits per heavy atom. The van der Waals surface area contributed by atoms with E-state index in [9.17, 15) is 9.90 Å². The van der Waals surface area contributed by atoms with Crippen LogP contribution >= 0.6 is 0 Å². The fraction of sp³-hybridized carbons (Fsp3) is 0.833. The molecule has 7 rings (SSSR count). The van der Waals surface area contributed by atoms with Gasteiger partial charge in [-0.2, -0.15) is 5.10 Å². The van der Waals surface area contributed by atoms with Crippen LogP contribution in [0.25, 0.3) is 0 Å². The van der Waals surface area contributed by atoms with Gasteiger partial charge >= 0.3 is 0 Å². The molecule has 4 bridgehead atoms. The van der Waals surface area contributed by atoms with Gasteiger partial charge in [0.2, 0.25) is 0 Å². The van der Waals surface area contributed by atoms with E-state index >= 15 is 0 Å². The maximum Gasteiger partial charge on any atom is 0.257 e. The second kappa shape index (κ2) is 6.83. The topological polar surface area (TPSA) is 58.4 Å². The highest BCUT2D eigenvalue weighted by Crippen LogP contribution is 2.57. The zero-order valence-corrected chi connectivity index (χ0v) is 17.6. The van der Waals surface area contributed by atoms with Gasteiger partial charge in [0, 0.05) is 12.6 Å². The summed E-state index contributed by atoms with van der Waals surface area (Å²) in [6.07, 6.45) is 16.8. The highest BCUT2D eigenvalue weighted by atomic mass is 16.3. The van der Waals surface area contributed by atoms with Gasteiger partial charge in [-0.3, -0.25) is 9.48 Å². The fourth-order valence-corrected chi connectivity index (χ4v) is 8.05. The Balaban J connectivity index is 1.29. The first kappa shape index (κ1) is 18.4. The largest absolute Gasteiger partial charge is 0.390 e. The third-order valence-electron chi connectivity index (χ3n) is 8.92. The SMILES string of the molecule is O=C1c2cnn(C3CCCCCC3)c2CCCN1C1[C@@H]2CC3C[C@H]1CC(O)(C3)C2. The molecule has 0 aromatic carbocycles. The molecular weight excluding hydrogens is 362 g/mol. The van der Waals surface area contributed by atoms with Gasteiger partial charge in [-0.1, -0.05) is 25.7 Å². The average Bonchev–Trinajstić information content (AvgIpc) is 2.83. The summed E-state index contributed by atoms with van der Waals surface area (Å²) in [5, 5.41) is 15.7. The highest BCUT2D eigenvalue weighted by molar-refractivity contribution is 5.95. The van der Waals surface area contributed by atoms with E-state index in [4.69, 9.17) is 5.10 Å². The standard InChI is InChI=1S/C24H35N3O2/c28-23-20-15-25-27(19-6-3-1-2-4-7-19)21(20)8-5-9-26(23)22-17-10-16-11-18(22)14-24(29,12-16)13-17/h15-19,22,29H,1-14H2/t16?,17-,18+,22?,24?. The van der Waals surface area contributed by atoms with Crippen LogP contribution in [0.2, 0.25) is 0 Å². The molecule has 2 heterocycles. The lowest BCUT2D eigenvalue weighted by molar-refractivity contribution is -0.154. The predicted octanol–water partition coefficient (Wildman–Crippen LogP) is 4.11. The van der Waals surface area contributed by atoms with Gasteiger partial charge in [-0.05, 0) is 75.5 Å². The van der Waals surface area contributed by atoms with Crippen LogP contribution in [-0.2, 0) is 6.42 Å². The number of rotatable bonds is 2. The van der Waals surface area contributed by atoms with E-state index in [-0.39, 0.29) is 5.91 Å². The minimum Gasteiger partial charge on any atom is -0.390 e. The van der Waals surface area contributed by atoms with Gasteiger partial charge in [0.1, 0.15) is 0 Å². The number of aliphatic hydroxyl groups is 1. The first-order chi connectivity index (χ1) is 14.1. The van der Waals surface area contributed by atoms with E-state index < -0.39 is 5.60 Å². The number of fused-ring (bicyclic) bond motifs is 1. The van der Waals surface area contributed by atoms with Crippen molar-refractivity contribution in [2.24, 2.45) is 17.8 Å². The molecule has 6 aliphatic rings. The molecule has 5 heteroatoms. The molecule has 5 aliphatic carbocycles. The third-order valence-corrected chi connectivity index (χ3v) is 8.92. The number of aromatic nitrogens is 2. The molecule has 5 fully saturated rings. The van der Waals surface area contributed by atoms with E-state index in [1.165, 1.54) is 57.1 Å². The van der Waals surface area contributed by atoms with Crippen molar-refractivity contribution in [1.29, 1.82) is 0 Å². The van der Waals surface area contributed by atoms with Crippen LogP contribution in [0, 0.1) is 17.8 Å². The average molecular weight is 398 g/mol. The Kier molecular flexibility index (Phi) is 4.34. The molecule has 5 saturated carbocycles. The molecule has 3 unspecified atom stereocenters. The summed E-state index contributed by atoms with van der Waals surface area (Å²) in [6, 6.07) is 0.822. The molecule has 0 radical (unpaired) electrons. The Labute approximate surface area is 173 Å². The highest BCUT2D eigenvalue weighted by Gasteiger charge is 2.57. The molecular formula is C24H35N3O2. The number of amides is 1. The molecule has 0 saturated heterocycles. The van der Waals surface area contributed by atoms with Gasteiger partial charge in [-0.15, -0.1) is 0 Å². The zero-order valence-electron chi connectivity index (χ0n) is 17.6. The minimum absolute atomic E-state index is 0.224. The summed E-state index contributed by atoms with van der Waals surface area (Å²) in [7, 11) is 0. The van der Waals surface area contributed by atoms with Crippen LogP contribution < -0.4 is 0 Å². The Bertz CT molecular complexity index is 778. The van der Waals surface area contributed by atoms with Crippen LogP contribution in [0.5, 0.6) is 0 Å². The Morgan fingerprint density at radius 2 is 1.72 bits per heavy atom. The first-order valence-electron chi connectivity index (χ1n) is 12.2. The van der Waals surface area contributed by atoms with Crippen LogP contribution in [0.3, 0.4) is 0 Å². The van der Waals surface area contributed by atoms with E-state index in [1.54, 1.807) is 0 Å². The minimum atomic E-state index is -0.433. The van der Waals surface area contributed by atoms with E-state index in [0.29, 0.717) is 29.8 Å². The number of nitrogens with zero attached hydrogens (tertiary/aromatic N) is 3. The third kappa shape index (κ3) is 2.98. The second-order valence-electron chi connectivity index (χ2n) is 10.9. The van der Waals surface area contributed by atoms with Crippen molar-refractivity contribution < 1.29 is 9.90 Å². The van der Waals surface area contributed by atoms with Gasteiger partial charge in [-0.25, -0.2) is 0 Å². The molecule has 1 N–H and O–H groups in total. The van der Waals surface area contributed by atoms with E-state index in [0.717, 1.165) is 44.2 Å². The van der Waals surface area contributed by atoms with Crippen molar-refractivity contribution in [3.8, 4) is 0 Å². The van der Waals surface area contributed by atoms with Crippen molar-refractivity contribution in [1.82, 2.24) is 14.7 Å². The van der Waals surface area contributed by atoms with Crippen molar-refractivity contribution in [2.45, 2.75) is 101 Å². The Hall–Kier alpha value is -1.36. The van der Waals surface area contributed by atoms with Crippen molar-refractivity contribution in [3.63, 3.8) is 0 Å². The molecule has 1 aromatic rings. The lowest BCUT2D eigenvalue weighted by Crippen LogP contribution is -2.62. The lowest BCUT2D eigenvalue weighted by Gasteiger charge is -2.60. The van der Waals surface area contributed by atoms with Crippen molar-refractivity contribution >= 4 is 5.91 Å². The van der Waals surface area contributed by atoms with Crippen LogP contribution in [0.15, 0.2) is 6.20 Å². The van der Waals surface area contributed by atoms with Gasteiger partial charge in [0.15, 0.2) is 0 Å². The number of hydrogen-bond acceptors (Lipinski definition) is 3. The normalized spacial score (nSPS) is 40.0. The quantitative estimate of drug-likeness (QED) is 0.764. The summed E-state index contributed by atoms with van der Waals surface area (Å²) < 4.78 is 2.24. The molecule has 1 amide bonds. The number of carbonyl (C=O) groups excluding carboxylic acids is 1. The fourth-order valence-electron chi connectivity index (χ4n) is 8.05. The van der Waals surface area contributed by atoms with Crippen LogP contribution in [0.1, 0.15) is 99.1 Å². The van der Waals surface area contributed by atoms with Crippen LogP contribution in [0.4, 0.5) is 0 Å². The molecule has 158 valence electrons. The van der Waals surface area contributed by atoms with E-state index in [2.05, 4.69) is 9.58 Å². The Morgan fingerprint density at radius 3 is 2.41 bits per heavy atom. The smallest absolute Gasteiger partial charge is 0.257 e. The van der Waals surface area contributed by atoms with Gasteiger partial charge in [0.05, 0.1) is 29.1 Å². The van der Waals surface area contributed by atoms with E-state index in [1.807, 2.05) is 6.20 Å². The summed E-state index contributed by atoms with van der Waals surface area (Å²) >= 11 is 0. The monoisotopic (exact) mass is 397 g/mol. The maximum absolute atomic E-state index is 13.7. The molecule has 29 heavy (non-hydrogen) atoms. The molecule has 0 spiro atoms. The summed E-state index contributed by atoms with van der Waals surface area (Å²) in [5.74, 6) is 1.90. The second-order valence-corrected chi connectivity index (χ2v) is 10.9. The predicted molar refractivity (Wildman–Crippen MR) is 111 cm³/mol. The molecule has 5 nitrogen and oxygen atoms in total. The number of hydrogen-bond donors (Lipinski definition) is 1. The molecule has 1 aliphatic heterocycles. The summed E-state index contributed by atoms with van der Waals surface area (Å²) in [4.78, 5) is 15.9. The number of carbonyl (C=O) groups is 1. The summed E-state index contributed by atoms with van der Waals surface area (Å²) in [5.41, 5.74) is 1.64.